The number of aromatic carboxylic acids is 1. The monoisotopic (exact) mass is 297 g/mol. The van der Waals surface area contributed by atoms with E-state index in [1.54, 1.807) is 7.05 Å². The second-order valence-electron chi connectivity index (χ2n) is 4.99. The van der Waals surface area contributed by atoms with Crippen LogP contribution >= 0.6 is 0 Å². The molecule has 1 atom stereocenters. The number of fused-ring (bicyclic) bond motifs is 1. The Balaban J connectivity index is 1.85. The highest BCUT2D eigenvalue weighted by molar-refractivity contribution is 5.83. The van der Waals surface area contributed by atoms with Crippen LogP contribution < -0.4 is 5.32 Å². The zero-order valence-electron chi connectivity index (χ0n) is 12.0. The van der Waals surface area contributed by atoms with Gasteiger partial charge in [-0.2, -0.15) is 4.98 Å². The zero-order valence-corrected chi connectivity index (χ0v) is 12.0. The van der Waals surface area contributed by atoms with E-state index in [4.69, 9.17) is 9.63 Å². The maximum absolute atomic E-state index is 10.8. The normalized spacial score (nSPS) is 12.4. The summed E-state index contributed by atoms with van der Waals surface area (Å²) in [4.78, 5) is 14.7. The highest BCUT2D eigenvalue weighted by Crippen LogP contribution is 2.21. The van der Waals surface area contributed by atoms with Crippen molar-refractivity contribution < 1.29 is 14.4 Å². The van der Waals surface area contributed by atoms with Gasteiger partial charge in [0.25, 0.3) is 5.82 Å². The average molecular weight is 297 g/mol. The number of carbonyl (C=O) groups is 1. The lowest BCUT2D eigenvalue weighted by Crippen LogP contribution is -2.19. The summed E-state index contributed by atoms with van der Waals surface area (Å²) in [5.74, 6) is -1.25. The van der Waals surface area contributed by atoms with Gasteiger partial charge < -0.3 is 14.9 Å². The van der Waals surface area contributed by atoms with Crippen LogP contribution in [0.1, 0.15) is 28.1 Å². The summed E-state index contributed by atoms with van der Waals surface area (Å²) in [5.41, 5.74) is 1.10. The van der Waals surface area contributed by atoms with Crippen LogP contribution in [-0.2, 0) is 6.42 Å². The number of nitrogens with zero attached hydrogens (tertiary/aromatic N) is 2. The number of hydrogen-bond acceptors (Lipinski definition) is 5. The molecule has 22 heavy (non-hydrogen) atoms. The molecule has 2 aromatic carbocycles. The predicted molar refractivity (Wildman–Crippen MR) is 80.7 cm³/mol. The molecule has 112 valence electrons. The smallest absolute Gasteiger partial charge is 0.377 e. The van der Waals surface area contributed by atoms with Crippen molar-refractivity contribution in [3.63, 3.8) is 0 Å². The standard InChI is InChI=1S/C16H15N3O3/c1-17-13(15-18-14(16(20)21)19-22-15)9-10-6-7-11-4-2-3-5-12(11)8-10/h2-8,13,17H,9H2,1H3,(H,20,21). The first kappa shape index (κ1) is 14.2. The van der Waals surface area contributed by atoms with Crippen molar-refractivity contribution in [2.45, 2.75) is 12.5 Å². The number of hydrogen-bond donors (Lipinski definition) is 2. The molecule has 0 aliphatic heterocycles. The summed E-state index contributed by atoms with van der Waals surface area (Å²) < 4.78 is 5.03. The average Bonchev–Trinajstić information content (AvgIpc) is 3.02. The minimum Gasteiger partial charge on any atom is -0.475 e. The molecule has 3 aromatic rings. The van der Waals surface area contributed by atoms with E-state index in [1.807, 2.05) is 18.2 Å². The molecule has 0 radical (unpaired) electrons. The molecule has 0 spiro atoms. The van der Waals surface area contributed by atoms with Gasteiger partial charge in [-0.25, -0.2) is 4.79 Å². The predicted octanol–water partition coefficient (Wildman–Crippen LogP) is 2.42. The molecule has 3 rings (SSSR count). The molecule has 0 bridgehead atoms. The number of nitrogens with one attached hydrogen (secondary N) is 1. The van der Waals surface area contributed by atoms with Gasteiger partial charge in [0, 0.05) is 0 Å². The lowest BCUT2D eigenvalue weighted by atomic mass is 10.0. The molecule has 0 fully saturated rings. The first-order valence-electron chi connectivity index (χ1n) is 6.89. The van der Waals surface area contributed by atoms with Crippen LogP contribution in [0.15, 0.2) is 47.0 Å². The van der Waals surface area contributed by atoms with Crippen molar-refractivity contribution in [1.29, 1.82) is 0 Å². The maximum atomic E-state index is 10.8. The second-order valence-corrected chi connectivity index (χ2v) is 4.99. The fraction of sp³-hybridized carbons (Fsp3) is 0.188. The lowest BCUT2D eigenvalue weighted by Gasteiger charge is -2.12. The Hall–Kier alpha value is -2.73. The quantitative estimate of drug-likeness (QED) is 0.752. The van der Waals surface area contributed by atoms with Crippen LogP contribution in [0, 0.1) is 0 Å². The third-order valence-electron chi connectivity index (χ3n) is 3.53. The number of aromatic nitrogens is 2. The minimum atomic E-state index is -1.20. The van der Waals surface area contributed by atoms with E-state index in [2.05, 4.69) is 39.7 Å². The van der Waals surface area contributed by atoms with Crippen molar-refractivity contribution in [3.8, 4) is 0 Å². The van der Waals surface area contributed by atoms with E-state index in [9.17, 15) is 4.79 Å². The molecular weight excluding hydrogens is 282 g/mol. The molecule has 2 N–H and O–H groups in total. The first-order valence-corrected chi connectivity index (χ1v) is 6.89. The first-order chi connectivity index (χ1) is 10.7. The molecule has 6 nitrogen and oxygen atoms in total. The van der Waals surface area contributed by atoms with Gasteiger partial charge in [0.15, 0.2) is 0 Å². The fourth-order valence-electron chi connectivity index (χ4n) is 2.38. The Labute approximate surface area is 126 Å². The number of benzene rings is 2. The molecule has 0 saturated carbocycles. The molecule has 0 aliphatic carbocycles. The van der Waals surface area contributed by atoms with Crippen molar-refractivity contribution in [2.75, 3.05) is 7.05 Å². The van der Waals surface area contributed by atoms with E-state index in [-0.39, 0.29) is 17.8 Å². The van der Waals surface area contributed by atoms with Crippen LogP contribution in [-0.4, -0.2) is 28.3 Å². The summed E-state index contributed by atoms with van der Waals surface area (Å²) >= 11 is 0. The van der Waals surface area contributed by atoms with E-state index in [0.29, 0.717) is 6.42 Å². The topological polar surface area (TPSA) is 88.2 Å². The Morgan fingerprint density at radius 1 is 1.27 bits per heavy atom. The van der Waals surface area contributed by atoms with Gasteiger partial charge in [0.05, 0.1) is 6.04 Å². The molecule has 1 unspecified atom stereocenters. The van der Waals surface area contributed by atoms with E-state index < -0.39 is 5.97 Å². The largest absolute Gasteiger partial charge is 0.475 e. The van der Waals surface area contributed by atoms with Crippen molar-refractivity contribution in [1.82, 2.24) is 15.5 Å². The Bertz CT molecular complexity index is 813. The molecule has 1 heterocycles. The molecule has 0 aliphatic rings. The van der Waals surface area contributed by atoms with Crippen LogP contribution in [0.2, 0.25) is 0 Å². The van der Waals surface area contributed by atoms with Crippen molar-refractivity contribution in [2.24, 2.45) is 0 Å². The second kappa shape index (κ2) is 5.95. The Morgan fingerprint density at radius 3 is 2.73 bits per heavy atom. The van der Waals surface area contributed by atoms with Gasteiger partial charge in [-0.3, -0.25) is 0 Å². The van der Waals surface area contributed by atoms with Gasteiger partial charge in [0.1, 0.15) is 0 Å². The third kappa shape index (κ3) is 2.82. The summed E-state index contributed by atoms with van der Waals surface area (Å²) in [6.45, 7) is 0. The van der Waals surface area contributed by atoms with Crippen LogP contribution in [0.4, 0.5) is 0 Å². The summed E-state index contributed by atoms with van der Waals surface area (Å²) in [6, 6.07) is 14.1. The zero-order chi connectivity index (χ0) is 15.5. The highest BCUT2D eigenvalue weighted by atomic mass is 16.5. The van der Waals surface area contributed by atoms with E-state index in [1.165, 1.54) is 5.39 Å². The van der Waals surface area contributed by atoms with Crippen LogP contribution in [0.5, 0.6) is 0 Å². The Kier molecular flexibility index (Phi) is 3.84. The van der Waals surface area contributed by atoms with E-state index in [0.717, 1.165) is 10.9 Å². The summed E-state index contributed by atoms with van der Waals surface area (Å²) in [5, 5.41) is 17.7. The lowest BCUT2D eigenvalue weighted by molar-refractivity contribution is 0.0680. The van der Waals surface area contributed by atoms with Gasteiger partial charge in [-0.1, -0.05) is 42.5 Å². The molecule has 0 amide bonds. The van der Waals surface area contributed by atoms with E-state index >= 15 is 0 Å². The SMILES string of the molecule is CNC(Cc1ccc2ccccc2c1)c1nc(C(=O)O)no1. The Morgan fingerprint density at radius 2 is 2.05 bits per heavy atom. The molecule has 1 aromatic heterocycles. The van der Waals surface area contributed by atoms with Gasteiger partial charge in [-0.15, -0.1) is 0 Å². The number of rotatable bonds is 5. The molecule has 6 heteroatoms. The molecular formula is C16H15N3O3. The third-order valence-corrected chi connectivity index (χ3v) is 3.53. The molecule has 0 saturated heterocycles. The summed E-state index contributed by atoms with van der Waals surface area (Å²) in [7, 11) is 1.77. The number of carboxylic acids is 1. The summed E-state index contributed by atoms with van der Waals surface area (Å²) in [6.07, 6.45) is 0.628. The van der Waals surface area contributed by atoms with Gasteiger partial charge >= 0.3 is 5.97 Å². The number of carboxylic acid groups (broad SMARTS) is 1. The van der Waals surface area contributed by atoms with Gasteiger partial charge in [0.2, 0.25) is 5.89 Å². The minimum absolute atomic E-state index is 0.234. The van der Waals surface area contributed by atoms with Crippen LogP contribution in [0.3, 0.4) is 0 Å². The van der Waals surface area contributed by atoms with Gasteiger partial charge in [-0.05, 0) is 35.0 Å². The van der Waals surface area contributed by atoms with Crippen molar-refractivity contribution in [3.05, 3.63) is 59.7 Å². The number of likely N-dealkylation sites (N-methyl/N-ethyl adjacent to an activating group) is 1. The maximum Gasteiger partial charge on any atom is 0.377 e. The fourth-order valence-corrected chi connectivity index (χ4v) is 2.38. The van der Waals surface area contributed by atoms with Crippen molar-refractivity contribution >= 4 is 16.7 Å². The highest BCUT2D eigenvalue weighted by Gasteiger charge is 2.20. The van der Waals surface area contributed by atoms with Crippen LogP contribution in [0.25, 0.3) is 10.8 Å².